The van der Waals surface area contributed by atoms with Gasteiger partial charge in [0.15, 0.2) is 0 Å². The number of hydrazone groups is 1. The van der Waals surface area contributed by atoms with E-state index in [-0.39, 0.29) is 0 Å². The van der Waals surface area contributed by atoms with Gasteiger partial charge in [-0.1, -0.05) is 17.2 Å². The molecule has 0 bridgehead atoms. The predicted molar refractivity (Wildman–Crippen MR) is 74.9 cm³/mol. The summed E-state index contributed by atoms with van der Waals surface area (Å²) in [5, 5.41) is 17.3. The van der Waals surface area contributed by atoms with Gasteiger partial charge in [-0.3, -0.25) is 0 Å². The maximum Gasteiger partial charge on any atom is 0.283 e. The number of aromatic nitrogens is 4. The lowest BCUT2D eigenvalue weighted by Crippen LogP contribution is -2.36. The van der Waals surface area contributed by atoms with Crippen LogP contribution in [0.15, 0.2) is 29.4 Å². The van der Waals surface area contributed by atoms with Crippen LogP contribution in [0, 0.1) is 0 Å². The van der Waals surface area contributed by atoms with Gasteiger partial charge in [0.1, 0.15) is 0 Å². The van der Waals surface area contributed by atoms with Crippen molar-refractivity contribution in [1.82, 2.24) is 20.6 Å². The van der Waals surface area contributed by atoms with Gasteiger partial charge < -0.3 is 9.64 Å². The first-order valence-electron chi connectivity index (χ1n) is 6.37. The molecule has 2 aromatic rings. The molecule has 0 atom stereocenters. The van der Waals surface area contributed by atoms with Gasteiger partial charge in [0.05, 0.1) is 19.4 Å². The van der Waals surface area contributed by atoms with Gasteiger partial charge in [0.25, 0.3) is 5.95 Å². The first-order chi connectivity index (χ1) is 9.92. The van der Waals surface area contributed by atoms with E-state index in [1.807, 2.05) is 12.1 Å². The fraction of sp³-hybridized carbons (Fsp3) is 0.333. The van der Waals surface area contributed by atoms with Gasteiger partial charge in [-0.25, -0.2) is 5.43 Å². The number of H-pyrrole nitrogens is 1. The zero-order valence-electron chi connectivity index (χ0n) is 10.9. The Kier molecular flexibility index (Phi) is 3.83. The zero-order chi connectivity index (χ0) is 13.6. The number of nitrogens with one attached hydrogen (secondary N) is 2. The molecule has 8 nitrogen and oxygen atoms in total. The van der Waals surface area contributed by atoms with Crippen LogP contribution in [0.3, 0.4) is 0 Å². The van der Waals surface area contributed by atoms with Crippen LogP contribution in [-0.2, 0) is 4.74 Å². The topological polar surface area (TPSA) is 91.3 Å². The Morgan fingerprint density at radius 3 is 2.75 bits per heavy atom. The Labute approximate surface area is 115 Å². The van der Waals surface area contributed by atoms with Gasteiger partial charge in [-0.2, -0.15) is 10.3 Å². The second-order valence-corrected chi connectivity index (χ2v) is 4.30. The Hall–Kier alpha value is -2.48. The summed E-state index contributed by atoms with van der Waals surface area (Å²) in [7, 11) is 0. The second kappa shape index (κ2) is 6.11. The van der Waals surface area contributed by atoms with Crippen LogP contribution in [0.1, 0.15) is 5.56 Å². The number of hydrogen-bond acceptors (Lipinski definition) is 7. The molecule has 0 unspecified atom stereocenters. The third-order valence-electron chi connectivity index (χ3n) is 2.99. The Balaban J connectivity index is 1.59. The van der Waals surface area contributed by atoms with Gasteiger partial charge in [-0.05, 0) is 22.9 Å². The van der Waals surface area contributed by atoms with Crippen molar-refractivity contribution in [1.29, 1.82) is 0 Å². The van der Waals surface area contributed by atoms with Gasteiger partial charge >= 0.3 is 0 Å². The highest BCUT2D eigenvalue weighted by Gasteiger charge is 2.10. The molecule has 8 heteroatoms. The number of benzene rings is 1. The van der Waals surface area contributed by atoms with Crippen molar-refractivity contribution in [2.75, 3.05) is 36.6 Å². The lowest BCUT2D eigenvalue weighted by Gasteiger charge is -2.28. The van der Waals surface area contributed by atoms with E-state index >= 15 is 0 Å². The van der Waals surface area contributed by atoms with E-state index in [1.165, 1.54) is 5.69 Å². The minimum absolute atomic E-state index is 0.339. The summed E-state index contributed by atoms with van der Waals surface area (Å²) in [5.41, 5.74) is 4.88. The van der Waals surface area contributed by atoms with Crippen molar-refractivity contribution in [3.63, 3.8) is 0 Å². The van der Waals surface area contributed by atoms with Crippen molar-refractivity contribution in [2.24, 2.45) is 5.10 Å². The molecule has 1 fully saturated rings. The van der Waals surface area contributed by atoms with Crippen LogP contribution in [0.4, 0.5) is 11.6 Å². The lowest BCUT2D eigenvalue weighted by atomic mass is 10.2. The highest BCUT2D eigenvalue weighted by Crippen LogP contribution is 2.15. The quantitative estimate of drug-likeness (QED) is 0.622. The van der Waals surface area contributed by atoms with Crippen molar-refractivity contribution >= 4 is 17.9 Å². The molecule has 3 rings (SSSR count). The second-order valence-electron chi connectivity index (χ2n) is 4.30. The van der Waals surface area contributed by atoms with E-state index in [4.69, 9.17) is 4.74 Å². The van der Waals surface area contributed by atoms with E-state index in [1.54, 1.807) is 6.21 Å². The molecule has 0 radical (unpaired) electrons. The SMILES string of the molecule is C(=NNc1nn[nH]n1)c1ccc(N2CCOCC2)cc1. The van der Waals surface area contributed by atoms with E-state index < -0.39 is 0 Å². The van der Waals surface area contributed by atoms with Crippen molar-refractivity contribution < 1.29 is 4.74 Å². The molecule has 1 aliphatic rings. The number of nitrogens with zero attached hydrogens (tertiary/aromatic N) is 5. The molecule has 0 saturated carbocycles. The summed E-state index contributed by atoms with van der Waals surface area (Å²) in [5.74, 6) is 0.339. The van der Waals surface area contributed by atoms with Crippen LogP contribution in [0.5, 0.6) is 0 Å². The summed E-state index contributed by atoms with van der Waals surface area (Å²) < 4.78 is 5.34. The average Bonchev–Trinajstić information content (AvgIpc) is 3.02. The van der Waals surface area contributed by atoms with Crippen LogP contribution >= 0.6 is 0 Å². The molecule has 20 heavy (non-hydrogen) atoms. The molecular formula is C12H15N7O. The summed E-state index contributed by atoms with van der Waals surface area (Å²) in [6.07, 6.45) is 1.71. The normalized spacial score (nSPS) is 15.7. The number of morpholine rings is 1. The summed E-state index contributed by atoms with van der Waals surface area (Å²) in [6, 6.07) is 8.21. The standard InChI is InChI=1S/C12H15N7O/c1-3-11(19-5-7-20-8-6-19)4-2-10(1)9-13-14-12-15-17-18-16-12/h1-4,9H,5-8H2,(H2,14,15,16,17,18). The van der Waals surface area contributed by atoms with E-state index in [0.717, 1.165) is 31.9 Å². The minimum atomic E-state index is 0.339. The molecule has 0 aliphatic carbocycles. The fourth-order valence-electron chi connectivity index (χ4n) is 1.97. The van der Waals surface area contributed by atoms with Crippen LogP contribution in [0.25, 0.3) is 0 Å². The molecule has 104 valence electrons. The van der Waals surface area contributed by atoms with Crippen molar-refractivity contribution in [3.8, 4) is 0 Å². The largest absolute Gasteiger partial charge is 0.378 e. The van der Waals surface area contributed by atoms with Gasteiger partial charge in [0.2, 0.25) is 0 Å². The summed E-state index contributed by atoms with van der Waals surface area (Å²) in [6.45, 7) is 3.45. The molecule has 1 aromatic carbocycles. The van der Waals surface area contributed by atoms with Gasteiger partial charge in [-0.15, -0.1) is 5.10 Å². The predicted octanol–water partition coefficient (Wildman–Crippen LogP) is 0.482. The molecule has 1 aromatic heterocycles. The van der Waals surface area contributed by atoms with E-state index in [0.29, 0.717) is 5.95 Å². The number of hydrogen-bond donors (Lipinski definition) is 2. The first-order valence-corrected chi connectivity index (χ1v) is 6.37. The van der Waals surface area contributed by atoms with Crippen molar-refractivity contribution in [3.05, 3.63) is 29.8 Å². The molecule has 1 saturated heterocycles. The maximum atomic E-state index is 5.34. The molecule has 1 aliphatic heterocycles. The average molecular weight is 273 g/mol. The third kappa shape index (κ3) is 3.09. The van der Waals surface area contributed by atoms with Crippen molar-refractivity contribution in [2.45, 2.75) is 0 Å². The highest BCUT2D eigenvalue weighted by atomic mass is 16.5. The molecule has 0 spiro atoms. The Morgan fingerprint density at radius 1 is 1.25 bits per heavy atom. The summed E-state index contributed by atoms with van der Waals surface area (Å²) in [4.78, 5) is 2.31. The molecule has 2 heterocycles. The number of aromatic amines is 1. The highest BCUT2D eigenvalue weighted by molar-refractivity contribution is 5.80. The number of tetrazole rings is 1. The van der Waals surface area contributed by atoms with Crippen LogP contribution < -0.4 is 10.3 Å². The number of rotatable bonds is 4. The number of anilines is 2. The van der Waals surface area contributed by atoms with Gasteiger partial charge in [0, 0.05) is 18.8 Å². The van der Waals surface area contributed by atoms with Crippen LogP contribution in [0.2, 0.25) is 0 Å². The maximum absolute atomic E-state index is 5.34. The number of ether oxygens (including phenoxy) is 1. The Morgan fingerprint density at radius 2 is 2.05 bits per heavy atom. The fourth-order valence-corrected chi connectivity index (χ4v) is 1.97. The zero-order valence-corrected chi connectivity index (χ0v) is 10.9. The van der Waals surface area contributed by atoms with E-state index in [2.05, 4.69) is 48.2 Å². The Bertz CT molecular complexity index is 546. The molecule has 0 amide bonds. The van der Waals surface area contributed by atoms with Crippen LogP contribution in [-0.4, -0.2) is 53.1 Å². The smallest absolute Gasteiger partial charge is 0.283 e. The summed E-state index contributed by atoms with van der Waals surface area (Å²) >= 11 is 0. The monoisotopic (exact) mass is 273 g/mol. The first kappa shape index (κ1) is 12.5. The lowest BCUT2D eigenvalue weighted by molar-refractivity contribution is 0.122. The molecule has 2 N–H and O–H groups in total. The minimum Gasteiger partial charge on any atom is -0.378 e. The van der Waals surface area contributed by atoms with E-state index in [9.17, 15) is 0 Å². The third-order valence-corrected chi connectivity index (χ3v) is 2.99. The molecular weight excluding hydrogens is 258 g/mol.